The minimum atomic E-state index is -0.140. The Bertz CT molecular complexity index is 241. The zero-order valence-electron chi connectivity index (χ0n) is 13.4. The average Bonchev–Trinajstić information content (AvgIpc) is 2.89. The van der Waals surface area contributed by atoms with E-state index in [0.717, 1.165) is 25.3 Å². The van der Waals surface area contributed by atoms with E-state index in [2.05, 4.69) is 38.0 Å². The molecule has 2 N–H and O–H groups in total. The highest BCUT2D eigenvalue weighted by atomic mass is 16.3. The van der Waals surface area contributed by atoms with E-state index in [1.165, 1.54) is 32.2 Å². The lowest BCUT2D eigenvalue weighted by Gasteiger charge is -2.36. The summed E-state index contributed by atoms with van der Waals surface area (Å²) in [6.45, 7) is 9.01. The summed E-state index contributed by atoms with van der Waals surface area (Å²) in [6, 6.07) is 0.516. The monoisotopic (exact) mass is 270 g/mol. The highest BCUT2D eigenvalue weighted by Crippen LogP contribution is 2.26. The number of nitrogens with one attached hydrogen (secondary N) is 1. The molecule has 1 aliphatic rings. The van der Waals surface area contributed by atoms with Crippen molar-refractivity contribution in [2.45, 2.75) is 70.9 Å². The van der Waals surface area contributed by atoms with Crippen LogP contribution in [0.3, 0.4) is 0 Å². The number of rotatable bonds is 9. The highest BCUT2D eigenvalue weighted by Gasteiger charge is 2.27. The molecule has 2 atom stereocenters. The van der Waals surface area contributed by atoms with Crippen LogP contribution in [0.4, 0.5) is 0 Å². The molecule has 0 spiro atoms. The summed E-state index contributed by atoms with van der Waals surface area (Å²) in [7, 11) is 2.24. The lowest BCUT2D eigenvalue weighted by atomic mass is 9.93. The van der Waals surface area contributed by atoms with E-state index in [0.29, 0.717) is 6.04 Å². The van der Waals surface area contributed by atoms with Crippen molar-refractivity contribution in [1.29, 1.82) is 0 Å². The van der Waals surface area contributed by atoms with Gasteiger partial charge in [-0.15, -0.1) is 0 Å². The number of aliphatic hydroxyl groups is 1. The fourth-order valence-electron chi connectivity index (χ4n) is 3.21. The van der Waals surface area contributed by atoms with Crippen LogP contribution < -0.4 is 5.32 Å². The van der Waals surface area contributed by atoms with Gasteiger partial charge in [-0.25, -0.2) is 0 Å². The summed E-state index contributed by atoms with van der Waals surface area (Å²) in [6.07, 6.45) is 7.76. The molecule has 2 unspecified atom stereocenters. The maximum absolute atomic E-state index is 9.65. The average molecular weight is 270 g/mol. The predicted octanol–water partition coefficient (Wildman–Crippen LogP) is 2.64. The Hall–Kier alpha value is -0.120. The van der Waals surface area contributed by atoms with E-state index in [-0.39, 0.29) is 12.1 Å². The summed E-state index contributed by atoms with van der Waals surface area (Å²) in [5.41, 5.74) is -0.140. The van der Waals surface area contributed by atoms with Gasteiger partial charge in [0, 0.05) is 18.1 Å². The van der Waals surface area contributed by atoms with Crippen LogP contribution in [-0.4, -0.2) is 48.3 Å². The molecule has 0 heterocycles. The van der Waals surface area contributed by atoms with E-state index in [1.807, 2.05) is 0 Å². The summed E-state index contributed by atoms with van der Waals surface area (Å²) in [5, 5.41) is 13.1. The van der Waals surface area contributed by atoms with Crippen LogP contribution in [0.15, 0.2) is 0 Å². The van der Waals surface area contributed by atoms with Crippen LogP contribution >= 0.6 is 0 Å². The largest absolute Gasteiger partial charge is 0.394 e. The molecule has 0 aromatic rings. The predicted molar refractivity (Wildman–Crippen MR) is 82.5 cm³/mol. The topological polar surface area (TPSA) is 35.5 Å². The van der Waals surface area contributed by atoms with Crippen molar-refractivity contribution in [3.8, 4) is 0 Å². The molecule has 1 fully saturated rings. The minimum Gasteiger partial charge on any atom is -0.394 e. The zero-order chi connectivity index (χ0) is 14.3. The highest BCUT2D eigenvalue weighted by molar-refractivity contribution is 4.87. The van der Waals surface area contributed by atoms with E-state index >= 15 is 0 Å². The molecule has 0 saturated heterocycles. The van der Waals surface area contributed by atoms with Gasteiger partial charge in [-0.3, -0.25) is 0 Å². The molecule has 1 rings (SSSR count). The third-order valence-corrected chi connectivity index (χ3v) is 4.67. The Balaban J connectivity index is 2.39. The summed E-state index contributed by atoms with van der Waals surface area (Å²) < 4.78 is 0. The number of hydrogen-bond donors (Lipinski definition) is 2. The SMILES string of the molecule is CCCNC(C)(CO)CC(C)N(C)CC1CCCC1. The van der Waals surface area contributed by atoms with Crippen LogP contribution in [0.2, 0.25) is 0 Å². The molecule has 19 heavy (non-hydrogen) atoms. The van der Waals surface area contributed by atoms with Crippen LogP contribution in [0.5, 0.6) is 0 Å². The molecule has 0 radical (unpaired) electrons. The van der Waals surface area contributed by atoms with E-state index in [4.69, 9.17) is 0 Å². The van der Waals surface area contributed by atoms with E-state index < -0.39 is 0 Å². The van der Waals surface area contributed by atoms with Crippen LogP contribution in [0.1, 0.15) is 59.3 Å². The van der Waals surface area contributed by atoms with Gasteiger partial charge < -0.3 is 15.3 Å². The first-order chi connectivity index (χ1) is 9.00. The lowest BCUT2D eigenvalue weighted by molar-refractivity contribution is 0.119. The van der Waals surface area contributed by atoms with Gasteiger partial charge in [0.15, 0.2) is 0 Å². The first-order valence-electron chi connectivity index (χ1n) is 8.07. The second-order valence-corrected chi connectivity index (χ2v) is 6.79. The van der Waals surface area contributed by atoms with Crippen LogP contribution in [0, 0.1) is 5.92 Å². The molecule has 3 heteroatoms. The van der Waals surface area contributed by atoms with Gasteiger partial charge in [-0.05, 0) is 59.0 Å². The van der Waals surface area contributed by atoms with Crippen molar-refractivity contribution in [1.82, 2.24) is 10.2 Å². The maximum atomic E-state index is 9.65. The first-order valence-corrected chi connectivity index (χ1v) is 8.07. The van der Waals surface area contributed by atoms with Crippen LogP contribution in [-0.2, 0) is 0 Å². The third kappa shape index (κ3) is 5.80. The Morgan fingerprint density at radius 3 is 2.53 bits per heavy atom. The number of hydrogen-bond acceptors (Lipinski definition) is 3. The van der Waals surface area contributed by atoms with Crippen molar-refractivity contribution in [2.75, 3.05) is 26.7 Å². The Labute approximate surface area is 119 Å². The van der Waals surface area contributed by atoms with E-state index in [1.54, 1.807) is 0 Å². The van der Waals surface area contributed by atoms with E-state index in [9.17, 15) is 5.11 Å². The van der Waals surface area contributed by atoms with Crippen molar-refractivity contribution >= 4 is 0 Å². The molecule has 3 nitrogen and oxygen atoms in total. The quantitative estimate of drug-likeness (QED) is 0.676. The molecule has 0 aromatic heterocycles. The van der Waals surface area contributed by atoms with Crippen molar-refractivity contribution < 1.29 is 5.11 Å². The van der Waals surface area contributed by atoms with Gasteiger partial charge in [0.2, 0.25) is 0 Å². The molecule has 1 saturated carbocycles. The summed E-state index contributed by atoms with van der Waals surface area (Å²) in [4.78, 5) is 2.48. The molecule has 0 aliphatic heterocycles. The van der Waals surface area contributed by atoms with Gasteiger partial charge in [0.05, 0.1) is 6.61 Å². The molecule has 1 aliphatic carbocycles. The first kappa shape index (κ1) is 16.9. The van der Waals surface area contributed by atoms with Gasteiger partial charge in [-0.2, -0.15) is 0 Å². The molecule has 0 amide bonds. The van der Waals surface area contributed by atoms with Gasteiger partial charge in [0.25, 0.3) is 0 Å². The molecular formula is C16H34N2O. The second-order valence-electron chi connectivity index (χ2n) is 6.79. The van der Waals surface area contributed by atoms with Gasteiger partial charge in [0.1, 0.15) is 0 Å². The summed E-state index contributed by atoms with van der Waals surface area (Å²) >= 11 is 0. The summed E-state index contributed by atoms with van der Waals surface area (Å²) in [5.74, 6) is 0.899. The van der Waals surface area contributed by atoms with Crippen molar-refractivity contribution in [3.05, 3.63) is 0 Å². The molecule has 0 aromatic carbocycles. The Kier molecular flexibility index (Phi) is 7.33. The van der Waals surface area contributed by atoms with Gasteiger partial charge in [-0.1, -0.05) is 19.8 Å². The van der Waals surface area contributed by atoms with Crippen LogP contribution in [0.25, 0.3) is 0 Å². The van der Waals surface area contributed by atoms with Crippen molar-refractivity contribution in [2.24, 2.45) is 5.92 Å². The Morgan fingerprint density at radius 1 is 1.37 bits per heavy atom. The van der Waals surface area contributed by atoms with Crippen molar-refractivity contribution in [3.63, 3.8) is 0 Å². The third-order valence-electron chi connectivity index (χ3n) is 4.67. The molecule has 114 valence electrons. The zero-order valence-corrected chi connectivity index (χ0v) is 13.4. The Morgan fingerprint density at radius 2 is 2.00 bits per heavy atom. The standard InChI is InChI=1S/C16H34N2O/c1-5-10-17-16(3,13-19)11-14(2)18(4)12-15-8-6-7-9-15/h14-15,17,19H,5-13H2,1-4H3. The lowest BCUT2D eigenvalue weighted by Crippen LogP contribution is -2.50. The fourth-order valence-corrected chi connectivity index (χ4v) is 3.21. The normalized spacial score (nSPS) is 21.8. The fraction of sp³-hybridized carbons (Fsp3) is 1.00. The molecular weight excluding hydrogens is 236 g/mol. The second kappa shape index (κ2) is 8.23. The molecule has 0 bridgehead atoms. The maximum Gasteiger partial charge on any atom is 0.0611 e. The number of nitrogens with zero attached hydrogens (tertiary/aromatic N) is 1. The minimum absolute atomic E-state index is 0.140. The number of aliphatic hydroxyl groups excluding tert-OH is 1. The smallest absolute Gasteiger partial charge is 0.0611 e. The van der Waals surface area contributed by atoms with Gasteiger partial charge >= 0.3 is 0 Å².